The van der Waals surface area contributed by atoms with Gasteiger partial charge in [0.2, 0.25) is 0 Å². The predicted molar refractivity (Wildman–Crippen MR) is 65.8 cm³/mol. The van der Waals surface area contributed by atoms with E-state index in [1.165, 1.54) is 12.4 Å². The van der Waals surface area contributed by atoms with Gasteiger partial charge < -0.3 is 5.32 Å². The lowest BCUT2D eigenvalue weighted by atomic mass is 10.2. The predicted octanol–water partition coefficient (Wildman–Crippen LogP) is 3.76. The van der Waals surface area contributed by atoms with Gasteiger partial charge in [-0.25, -0.2) is 9.97 Å². The zero-order valence-corrected chi connectivity index (χ0v) is 10.3. The van der Waals surface area contributed by atoms with E-state index in [4.69, 9.17) is 11.6 Å². The first kappa shape index (κ1) is 13.6. The van der Waals surface area contributed by atoms with Gasteiger partial charge in [-0.2, -0.15) is 13.2 Å². The largest absolute Gasteiger partial charge is 0.416 e. The standard InChI is InChI=1S/C12H9ClF3N3/c13-10-1-9(12(14,15)16)2-11(3-10)19-6-8-4-17-7-18-5-8/h1-5,7,19H,6H2. The van der Waals surface area contributed by atoms with E-state index in [2.05, 4.69) is 15.3 Å². The van der Waals surface area contributed by atoms with E-state index in [1.807, 2.05) is 0 Å². The molecule has 19 heavy (non-hydrogen) atoms. The molecule has 7 heteroatoms. The lowest BCUT2D eigenvalue weighted by Gasteiger charge is -2.11. The molecule has 0 bridgehead atoms. The van der Waals surface area contributed by atoms with E-state index >= 15 is 0 Å². The molecule has 0 aliphatic rings. The third-order valence-corrected chi connectivity index (χ3v) is 2.55. The third-order valence-electron chi connectivity index (χ3n) is 2.34. The molecule has 0 aliphatic heterocycles. The van der Waals surface area contributed by atoms with Crippen LogP contribution in [0.5, 0.6) is 0 Å². The minimum atomic E-state index is -4.42. The molecule has 0 spiro atoms. The van der Waals surface area contributed by atoms with E-state index in [0.717, 1.165) is 17.7 Å². The van der Waals surface area contributed by atoms with Crippen LogP contribution < -0.4 is 5.32 Å². The van der Waals surface area contributed by atoms with Crippen LogP contribution in [0.25, 0.3) is 0 Å². The Bertz CT molecular complexity index is 558. The third kappa shape index (κ3) is 3.82. The molecule has 0 atom stereocenters. The number of nitrogens with one attached hydrogen (secondary N) is 1. The lowest BCUT2D eigenvalue weighted by molar-refractivity contribution is -0.137. The van der Waals surface area contributed by atoms with E-state index < -0.39 is 11.7 Å². The summed E-state index contributed by atoms with van der Waals surface area (Å²) in [6.07, 6.45) is 0.117. The molecule has 0 saturated carbocycles. The quantitative estimate of drug-likeness (QED) is 0.934. The van der Waals surface area contributed by atoms with Crippen molar-refractivity contribution in [3.05, 3.63) is 53.1 Å². The molecule has 0 saturated heterocycles. The average Bonchev–Trinajstić information content (AvgIpc) is 2.36. The minimum Gasteiger partial charge on any atom is -0.381 e. The Balaban J connectivity index is 2.15. The van der Waals surface area contributed by atoms with Crippen molar-refractivity contribution in [2.24, 2.45) is 0 Å². The Morgan fingerprint density at radius 1 is 1.11 bits per heavy atom. The molecule has 2 rings (SSSR count). The Morgan fingerprint density at radius 2 is 1.79 bits per heavy atom. The maximum atomic E-state index is 12.6. The molecule has 3 nitrogen and oxygen atoms in total. The van der Waals surface area contributed by atoms with E-state index in [9.17, 15) is 13.2 Å². The summed E-state index contributed by atoms with van der Waals surface area (Å²) in [5.41, 5.74) is 0.270. The fourth-order valence-electron chi connectivity index (χ4n) is 1.48. The van der Waals surface area contributed by atoms with Crippen LogP contribution in [0.4, 0.5) is 18.9 Å². The molecule has 1 aromatic carbocycles. The van der Waals surface area contributed by atoms with Gasteiger partial charge in [0, 0.05) is 35.2 Å². The molecule has 100 valence electrons. The SMILES string of the molecule is FC(F)(F)c1cc(Cl)cc(NCc2cncnc2)c1. The molecule has 0 unspecified atom stereocenters. The number of anilines is 1. The first-order chi connectivity index (χ1) is 8.95. The second-order valence-electron chi connectivity index (χ2n) is 3.83. The Kier molecular flexibility index (Phi) is 3.90. The van der Waals surface area contributed by atoms with E-state index in [0.29, 0.717) is 12.2 Å². The molecule has 0 fully saturated rings. The van der Waals surface area contributed by atoms with Crippen LogP contribution in [0.15, 0.2) is 36.9 Å². The zero-order valence-electron chi connectivity index (χ0n) is 9.58. The number of hydrogen-bond acceptors (Lipinski definition) is 3. The molecular formula is C12H9ClF3N3. The zero-order chi connectivity index (χ0) is 13.9. The lowest BCUT2D eigenvalue weighted by Crippen LogP contribution is -2.07. The smallest absolute Gasteiger partial charge is 0.381 e. The summed E-state index contributed by atoms with van der Waals surface area (Å²) in [4.78, 5) is 7.63. The van der Waals surface area contributed by atoms with Crippen molar-refractivity contribution in [1.82, 2.24) is 9.97 Å². The van der Waals surface area contributed by atoms with Gasteiger partial charge in [-0.3, -0.25) is 0 Å². The summed E-state index contributed by atoms with van der Waals surface area (Å²) in [7, 11) is 0. The highest BCUT2D eigenvalue weighted by Crippen LogP contribution is 2.33. The summed E-state index contributed by atoms with van der Waals surface area (Å²) < 4.78 is 37.8. The number of aromatic nitrogens is 2. The van der Waals surface area contributed by atoms with Gasteiger partial charge in [-0.05, 0) is 18.2 Å². The number of halogens is 4. The van der Waals surface area contributed by atoms with Gasteiger partial charge in [-0.1, -0.05) is 11.6 Å². The van der Waals surface area contributed by atoms with Crippen molar-refractivity contribution >= 4 is 17.3 Å². The highest BCUT2D eigenvalue weighted by atomic mass is 35.5. The van der Waals surface area contributed by atoms with Crippen LogP contribution in [0.2, 0.25) is 5.02 Å². The summed E-state index contributed by atoms with van der Waals surface area (Å²) in [5.74, 6) is 0. The second-order valence-corrected chi connectivity index (χ2v) is 4.26. The fourth-order valence-corrected chi connectivity index (χ4v) is 1.72. The van der Waals surface area contributed by atoms with Gasteiger partial charge in [0.15, 0.2) is 0 Å². The van der Waals surface area contributed by atoms with Gasteiger partial charge in [0.1, 0.15) is 6.33 Å². The molecule has 2 aromatic rings. The number of benzene rings is 1. The molecule has 1 N–H and O–H groups in total. The van der Waals surface area contributed by atoms with Crippen LogP contribution in [0.1, 0.15) is 11.1 Å². The van der Waals surface area contributed by atoms with Crippen molar-refractivity contribution in [2.75, 3.05) is 5.32 Å². The number of hydrogen-bond donors (Lipinski definition) is 1. The molecule has 0 aliphatic carbocycles. The molecule has 1 heterocycles. The fraction of sp³-hybridized carbons (Fsp3) is 0.167. The Morgan fingerprint density at radius 3 is 2.42 bits per heavy atom. The average molecular weight is 288 g/mol. The first-order valence-electron chi connectivity index (χ1n) is 5.31. The van der Waals surface area contributed by atoms with Gasteiger partial charge >= 0.3 is 6.18 Å². The monoisotopic (exact) mass is 287 g/mol. The van der Waals surface area contributed by atoms with Crippen molar-refractivity contribution in [3.8, 4) is 0 Å². The van der Waals surface area contributed by atoms with Crippen LogP contribution in [0, 0.1) is 0 Å². The van der Waals surface area contributed by atoms with E-state index in [-0.39, 0.29) is 5.02 Å². The van der Waals surface area contributed by atoms with Gasteiger partial charge in [-0.15, -0.1) is 0 Å². The van der Waals surface area contributed by atoms with E-state index in [1.54, 1.807) is 12.4 Å². The summed E-state index contributed by atoms with van der Waals surface area (Å²) in [6.45, 7) is 0.318. The van der Waals surface area contributed by atoms with Crippen LogP contribution in [-0.4, -0.2) is 9.97 Å². The summed E-state index contributed by atoms with van der Waals surface area (Å²) in [5, 5.41) is 2.88. The number of rotatable bonds is 3. The van der Waals surface area contributed by atoms with Crippen molar-refractivity contribution in [2.45, 2.75) is 12.7 Å². The van der Waals surface area contributed by atoms with Crippen LogP contribution in [0.3, 0.4) is 0 Å². The van der Waals surface area contributed by atoms with Crippen molar-refractivity contribution < 1.29 is 13.2 Å². The number of alkyl halides is 3. The van der Waals surface area contributed by atoms with Crippen LogP contribution >= 0.6 is 11.6 Å². The normalized spacial score (nSPS) is 11.4. The second kappa shape index (κ2) is 5.44. The highest BCUT2D eigenvalue weighted by Gasteiger charge is 2.31. The van der Waals surface area contributed by atoms with Gasteiger partial charge in [0.25, 0.3) is 0 Å². The van der Waals surface area contributed by atoms with Crippen LogP contribution in [-0.2, 0) is 12.7 Å². The van der Waals surface area contributed by atoms with Gasteiger partial charge in [0.05, 0.1) is 5.56 Å². The summed E-state index contributed by atoms with van der Waals surface area (Å²) in [6, 6.07) is 3.33. The Hall–Kier alpha value is -1.82. The minimum absolute atomic E-state index is 0.0293. The van der Waals surface area contributed by atoms with Crippen molar-refractivity contribution in [1.29, 1.82) is 0 Å². The number of nitrogens with zero attached hydrogens (tertiary/aromatic N) is 2. The summed E-state index contributed by atoms with van der Waals surface area (Å²) >= 11 is 5.67. The molecular weight excluding hydrogens is 279 g/mol. The molecule has 0 radical (unpaired) electrons. The first-order valence-corrected chi connectivity index (χ1v) is 5.68. The molecule has 0 amide bonds. The maximum Gasteiger partial charge on any atom is 0.416 e. The molecule has 1 aromatic heterocycles. The topological polar surface area (TPSA) is 37.8 Å². The van der Waals surface area contributed by atoms with Crippen molar-refractivity contribution in [3.63, 3.8) is 0 Å². The highest BCUT2D eigenvalue weighted by molar-refractivity contribution is 6.30. The maximum absolute atomic E-state index is 12.6. The Labute approximate surface area is 112 Å².